The van der Waals surface area contributed by atoms with E-state index in [1.807, 2.05) is 6.92 Å². The number of amides is 1. The van der Waals surface area contributed by atoms with E-state index in [2.05, 4.69) is 21.2 Å². The molecule has 1 rings (SSSR count). The van der Waals surface area contributed by atoms with Gasteiger partial charge in [-0.05, 0) is 35.3 Å². The second kappa shape index (κ2) is 5.75. The molecule has 1 amide bonds. The van der Waals surface area contributed by atoms with Gasteiger partial charge in [-0.2, -0.15) is 0 Å². The Labute approximate surface area is 113 Å². The van der Waals surface area contributed by atoms with Crippen molar-refractivity contribution in [3.05, 3.63) is 28.2 Å². The molecule has 0 aliphatic heterocycles. The Balaban J connectivity index is 3.02. The molecule has 0 radical (unpaired) electrons. The molecular formula is C12H15BrF2N2O. The summed E-state index contributed by atoms with van der Waals surface area (Å²) < 4.78 is 26.6. The van der Waals surface area contributed by atoms with Crippen molar-refractivity contribution in [2.75, 3.05) is 11.9 Å². The third-order valence-electron chi connectivity index (χ3n) is 3.02. The SMILES string of the molecule is CCC(C)(CN)C(=O)Nc1c(F)cc(F)cc1Br. The molecule has 1 aromatic rings. The molecule has 6 heteroatoms. The van der Waals surface area contributed by atoms with Gasteiger partial charge in [-0.25, -0.2) is 8.78 Å². The fraction of sp³-hybridized carbons (Fsp3) is 0.417. The van der Waals surface area contributed by atoms with Crippen LogP contribution in [-0.4, -0.2) is 12.5 Å². The molecule has 100 valence electrons. The van der Waals surface area contributed by atoms with Crippen molar-refractivity contribution in [2.45, 2.75) is 20.3 Å². The highest BCUT2D eigenvalue weighted by atomic mass is 79.9. The molecule has 0 heterocycles. The predicted octanol–water partition coefficient (Wildman–Crippen LogP) is 3.04. The van der Waals surface area contributed by atoms with Crippen LogP contribution in [0.25, 0.3) is 0 Å². The summed E-state index contributed by atoms with van der Waals surface area (Å²) in [6.07, 6.45) is 0.524. The molecule has 0 aliphatic rings. The van der Waals surface area contributed by atoms with Crippen LogP contribution in [0.3, 0.4) is 0 Å². The minimum atomic E-state index is -0.828. The van der Waals surface area contributed by atoms with E-state index in [1.165, 1.54) is 0 Å². The fourth-order valence-electron chi connectivity index (χ4n) is 1.32. The van der Waals surface area contributed by atoms with Gasteiger partial charge in [0.05, 0.1) is 11.1 Å². The third-order valence-corrected chi connectivity index (χ3v) is 3.65. The van der Waals surface area contributed by atoms with Crippen molar-refractivity contribution in [3.8, 4) is 0 Å². The van der Waals surface area contributed by atoms with Crippen LogP contribution < -0.4 is 11.1 Å². The number of carbonyl (C=O) groups excluding carboxylic acids is 1. The normalized spacial score (nSPS) is 14.1. The Morgan fingerprint density at radius 1 is 1.50 bits per heavy atom. The average molecular weight is 321 g/mol. The van der Waals surface area contributed by atoms with Crippen molar-refractivity contribution < 1.29 is 13.6 Å². The van der Waals surface area contributed by atoms with Crippen molar-refractivity contribution in [2.24, 2.45) is 11.1 Å². The summed E-state index contributed by atoms with van der Waals surface area (Å²) >= 11 is 3.01. The number of hydrogen-bond acceptors (Lipinski definition) is 2. The molecule has 0 saturated heterocycles. The molecule has 1 atom stereocenters. The highest BCUT2D eigenvalue weighted by Crippen LogP contribution is 2.29. The zero-order valence-corrected chi connectivity index (χ0v) is 11.8. The molecule has 0 bridgehead atoms. The van der Waals surface area contributed by atoms with Gasteiger partial charge in [0.1, 0.15) is 5.82 Å². The zero-order valence-electron chi connectivity index (χ0n) is 10.2. The van der Waals surface area contributed by atoms with Crippen molar-refractivity contribution in [1.82, 2.24) is 0 Å². The highest BCUT2D eigenvalue weighted by Gasteiger charge is 2.30. The van der Waals surface area contributed by atoms with Crippen LogP contribution in [0.5, 0.6) is 0 Å². The van der Waals surface area contributed by atoms with E-state index in [9.17, 15) is 13.6 Å². The maximum atomic E-state index is 13.6. The first-order valence-electron chi connectivity index (χ1n) is 5.50. The Morgan fingerprint density at radius 3 is 2.56 bits per heavy atom. The molecule has 18 heavy (non-hydrogen) atoms. The third kappa shape index (κ3) is 3.05. The second-order valence-electron chi connectivity index (χ2n) is 4.32. The standard InChI is InChI=1S/C12H15BrF2N2O/c1-3-12(2,6-16)11(18)17-10-8(13)4-7(14)5-9(10)15/h4-5H,3,6,16H2,1-2H3,(H,17,18). The number of rotatable bonds is 4. The van der Waals surface area contributed by atoms with Gasteiger partial charge in [0.25, 0.3) is 0 Å². The van der Waals surface area contributed by atoms with Gasteiger partial charge >= 0.3 is 0 Å². The maximum absolute atomic E-state index is 13.6. The van der Waals surface area contributed by atoms with Crippen LogP contribution in [0.2, 0.25) is 0 Å². The van der Waals surface area contributed by atoms with Crippen molar-refractivity contribution >= 4 is 27.5 Å². The molecule has 3 nitrogen and oxygen atoms in total. The molecule has 0 aliphatic carbocycles. The van der Waals surface area contributed by atoms with Crippen LogP contribution in [0, 0.1) is 17.0 Å². The van der Waals surface area contributed by atoms with Gasteiger partial charge in [-0.3, -0.25) is 4.79 Å². The second-order valence-corrected chi connectivity index (χ2v) is 5.17. The number of benzene rings is 1. The number of halogens is 3. The largest absolute Gasteiger partial charge is 0.329 e. The minimum absolute atomic E-state index is 0.0745. The van der Waals surface area contributed by atoms with Crippen LogP contribution in [0.4, 0.5) is 14.5 Å². The predicted molar refractivity (Wildman–Crippen MR) is 70.1 cm³/mol. The summed E-state index contributed by atoms with van der Waals surface area (Å²) in [6.45, 7) is 3.66. The van der Waals surface area contributed by atoms with E-state index >= 15 is 0 Å². The summed E-state index contributed by atoms with van der Waals surface area (Å²) in [5.41, 5.74) is 4.69. The zero-order chi connectivity index (χ0) is 13.9. The molecule has 0 saturated carbocycles. The molecule has 1 aromatic carbocycles. The van der Waals surface area contributed by atoms with Crippen LogP contribution in [-0.2, 0) is 4.79 Å². The van der Waals surface area contributed by atoms with Crippen LogP contribution in [0.15, 0.2) is 16.6 Å². The lowest BCUT2D eigenvalue weighted by atomic mass is 9.86. The molecule has 0 spiro atoms. The first kappa shape index (κ1) is 15.0. The summed E-state index contributed by atoms with van der Waals surface area (Å²) in [4.78, 5) is 12.0. The van der Waals surface area contributed by atoms with E-state index in [0.29, 0.717) is 12.5 Å². The molecule has 3 N–H and O–H groups in total. The Morgan fingerprint density at radius 2 is 2.11 bits per heavy atom. The van der Waals surface area contributed by atoms with Crippen molar-refractivity contribution in [3.63, 3.8) is 0 Å². The Bertz CT molecular complexity index is 438. The number of hydrogen-bond donors (Lipinski definition) is 2. The van der Waals surface area contributed by atoms with E-state index in [0.717, 1.165) is 6.07 Å². The lowest BCUT2D eigenvalue weighted by Gasteiger charge is -2.25. The van der Waals surface area contributed by atoms with Crippen LogP contribution in [0.1, 0.15) is 20.3 Å². The van der Waals surface area contributed by atoms with E-state index < -0.39 is 23.0 Å². The first-order chi connectivity index (χ1) is 8.34. The molecule has 1 unspecified atom stereocenters. The fourth-order valence-corrected chi connectivity index (χ4v) is 1.83. The molecule has 0 fully saturated rings. The monoisotopic (exact) mass is 320 g/mol. The van der Waals surface area contributed by atoms with E-state index in [4.69, 9.17) is 5.73 Å². The topological polar surface area (TPSA) is 55.1 Å². The minimum Gasteiger partial charge on any atom is -0.329 e. The Kier molecular flexibility index (Phi) is 4.81. The Hall–Kier alpha value is -1.01. The summed E-state index contributed by atoms with van der Waals surface area (Å²) in [6, 6.07) is 1.80. The van der Waals surface area contributed by atoms with Gasteiger partial charge in [0.15, 0.2) is 5.82 Å². The lowest BCUT2D eigenvalue weighted by Crippen LogP contribution is -2.39. The quantitative estimate of drug-likeness (QED) is 0.895. The van der Waals surface area contributed by atoms with Crippen LogP contribution >= 0.6 is 15.9 Å². The van der Waals surface area contributed by atoms with Crippen molar-refractivity contribution in [1.29, 1.82) is 0 Å². The lowest BCUT2D eigenvalue weighted by molar-refractivity contribution is -0.124. The first-order valence-corrected chi connectivity index (χ1v) is 6.29. The van der Waals surface area contributed by atoms with Gasteiger partial charge < -0.3 is 11.1 Å². The summed E-state index contributed by atoms with van der Waals surface area (Å²) in [5, 5.41) is 2.44. The number of nitrogens with two attached hydrogens (primary N) is 1. The summed E-state index contributed by atoms with van der Waals surface area (Å²) in [7, 11) is 0. The molecule has 0 aromatic heterocycles. The smallest absolute Gasteiger partial charge is 0.231 e. The number of carbonyl (C=O) groups is 1. The number of nitrogens with one attached hydrogen (secondary N) is 1. The van der Waals surface area contributed by atoms with Gasteiger partial charge in [0.2, 0.25) is 5.91 Å². The van der Waals surface area contributed by atoms with Gasteiger partial charge in [0, 0.05) is 17.1 Å². The van der Waals surface area contributed by atoms with Gasteiger partial charge in [-0.15, -0.1) is 0 Å². The van der Waals surface area contributed by atoms with E-state index in [1.54, 1.807) is 6.92 Å². The number of anilines is 1. The average Bonchev–Trinajstić information content (AvgIpc) is 2.32. The highest BCUT2D eigenvalue weighted by molar-refractivity contribution is 9.10. The maximum Gasteiger partial charge on any atom is 0.231 e. The summed E-state index contributed by atoms with van der Waals surface area (Å²) in [5.74, 6) is -1.93. The molecular weight excluding hydrogens is 306 g/mol. The van der Waals surface area contributed by atoms with Gasteiger partial charge in [-0.1, -0.05) is 6.92 Å². The van der Waals surface area contributed by atoms with E-state index in [-0.39, 0.29) is 16.7 Å².